The van der Waals surface area contributed by atoms with Gasteiger partial charge >= 0.3 is 5.97 Å². The maximum atomic E-state index is 13.2. The molecule has 0 unspecified atom stereocenters. The number of rotatable bonds is 10. The monoisotopic (exact) mass is 449 g/mol. The number of aryl methyl sites for hydroxylation is 1. The number of nitrogens with zero attached hydrogens (tertiary/aromatic N) is 3. The Morgan fingerprint density at radius 1 is 1.00 bits per heavy atom. The highest BCUT2D eigenvalue weighted by Gasteiger charge is 2.18. The van der Waals surface area contributed by atoms with Crippen LogP contribution in [-0.2, 0) is 27.2 Å². The lowest BCUT2D eigenvalue weighted by atomic mass is 10.1. The lowest BCUT2D eigenvalue weighted by molar-refractivity contribution is -0.140. The zero-order valence-corrected chi connectivity index (χ0v) is 19.7. The van der Waals surface area contributed by atoms with Crippen molar-refractivity contribution in [2.24, 2.45) is 0 Å². The third-order valence-corrected chi connectivity index (χ3v) is 5.68. The van der Waals surface area contributed by atoms with E-state index in [-0.39, 0.29) is 11.9 Å². The predicted octanol–water partition coefficient (Wildman–Crippen LogP) is 3.88. The second kappa shape index (κ2) is 11.4. The molecule has 0 saturated heterocycles. The zero-order chi connectivity index (χ0) is 23.8. The lowest BCUT2D eigenvalue weighted by Gasteiger charge is -2.23. The minimum absolute atomic E-state index is 0.0467. The van der Waals surface area contributed by atoms with Crippen LogP contribution in [0, 0.1) is 13.8 Å². The van der Waals surface area contributed by atoms with Crippen molar-refractivity contribution < 1.29 is 19.1 Å². The fourth-order valence-corrected chi connectivity index (χ4v) is 3.80. The molecule has 2 aromatic carbocycles. The summed E-state index contributed by atoms with van der Waals surface area (Å²) in [4.78, 5) is 26.5. The summed E-state index contributed by atoms with van der Waals surface area (Å²) >= 11 is 0. The standard InChI is InChI=1S/C26H31N3O4/c1-19-24(14-15-25(30)33-4)20(2)29(27-19)23-12-10-22(11-13-23)26(31)28(16-17-32-3)18-21-8-6-5-7-9-21/h5-13H,14-18H2,1-4H3. The van der Waals surface area contributed by atoms with E-state index < -0.39 is 0 Å². The summed E-state index contributed by atoms with van der Waals surface area (Å²) in [5, 5.41) is 4.64. The fourth-order valence-electron chi connectivity index (χ4n) is 3.80. The molecule has 3 aromatic rings. The molecule has 0 atom stereocenters. The van der Waals surface area contributed by atoms with E-state index in [9.17, 15) is 9.59 Å². The molecule has 1 aromatic heterocycles. The summed E-state index contributed by atoms with van der Waals surface area (Å²) in [5.41, 5.74) is 5.43. The number of amides is 1. The molecule has 0 aliphatic rings. The average molecular weight is 450 g/mol. The van der Waals surface area contributed by atoms with E-state index in [2.05, 4.69) is 5.10 Å². The molecule has 0 spiro atoms. The molecular formula is C26H31N3O4. The van der Waals surface area contributed by atoms with Gasteiger partial charge in [0, 0.05) is 37.9 Å². The number of methoxy groups -OCH3 is 2. The van der Waals surface area contributed by atoms with Gasteiger partial charge in [0.15, 0.2) is 0 Å². The first-order chi connectivity index (χ1) is 15.9. The largest absolute Gasteiger partial charge is 0.469 e. The van der Waals surface area contributed by atoms with E-state index in [1.807, 2.05) is 73.1 Å². The van der Waals surface area contributed by atoms with Gasteiger partial charge in [-0.05, 0) is 55.7 Å². The summed E-state index contributed by atoms with van der Waals surface area (Å²) in [6.07, 6.45) is 0.894. The molecule has 3 rings (SSSR count). The first-order valence-electron chi connectivity index (χ1n) is 11.0. The van der Waals surface area contributed by atoms with E-state index in [4.69, 9.17) is 9.47 Å². The molecule has 0 radical (unpaired) electrons. The second-order valence-corrected chi connectivity index (χ2v) is 7.89. The van der Waals surface area contributed by atoms with Crippen LogP contribution in [0.4, 0.5) is 0 Å². The first-order valence-corrected chi connectivity index (χ1v) is 11.0. The molecule has 0 saturated carbocycles. The van der Waals surface area contributed by atoms with Gasteiger partial charge in [-0.2, -0.15) is 5.10 Å². The molecule has 0 bridgehead atoms. The third-order valence-electron chi connectivity index (χ3n) is 5.68. The van der Waals surface area contributed by atoms with Crippen molar-refractivity contribution >= 4 is 11.9 Å². The van der Waals surface area contributed by atoms with E-state index in [0.717, 1.165) is 28.2 Å². The highest BCUT2D eigenvalue weighted by molar-refractivity contribution is 5.94. The Morgan fingerprint density at radius 2 is 1.70 bits per heavy atom. The summed E-state index contributed by atoms with van der Waals surface area (Å²) < 4.78 is 11.8. The third kappa shape index (κ3) is 6.08. The molecule has 0 aliphatic carbocycles. The Morgan fingerprint density at radius 3 is 2.33 bits per heavy atom. The normalized spacial score (nSPS) is 10.8. The maximum absolute atomic E-state index is 13.2. The minimum Gasteiger partial charge on any atom is -0.469 e. The van der Waals surface area contributed by atoms with Gasteiger partial charge in [-0.25, -0.2) is 4.68 Å². The fraction of sp³-hybridized carbons (Fsp3) is 0.346. The quantitative estimate of drug-likeness (QED) is 0.439. The molecule has 0 aliphatic heterocycles. The van der Waals surface area contributed by atoms with Crippen molar-refractivity contribution in [1.29, 1.82) is 0 Å². The van der Waals surface area contributed by atoms with Gasteiger partial charge in [-0.1, -0.05) is 30.3 Å². The Labute approximate surface area is 194 Å². The summed E-state index contributed by atoms with van der Waals surface area (Å²) in [7, 11) is 3.03. The molecule has 33 heavy (non-hydrogen) atoms. The maximum Gasteiger partial charge on any atom is 0.305 e. The Kier molecular flexibility index (Phi) is 8.38. The minimum atomic E-state index is -0.238. The van der Waals surface area contributed by atoms with Crippen molar-refractivity contribution in [3.8, 4) is 5.69 Å². The number of ether oxygens (including phenoxy) is 2. The Hall–Kier alpha value is -3.45. The van der Waals surface area contributed by atoms with Gasteiger partial charge in [0.05, 0.1) is 25.1 Å². The molecule has 0 N–H and O–H groups in total. The van der Waals surface area contributed by atoms with Crippen LogP contribution >= 0.6 is 0 Å². The number of esters is 1. The van der Waals surface area contributed by atoms with E-state index in [1.54, 1.807) is 12.0 Å². The van der Waals surface area contributed by atoms with Crippen molar-refractivity contribution in [3.05, 3.63) is 82.7 Å². The molecule has 0 fully saturated rings. The van der Waals surface area contributed by atoms with Gasteiger partial charge in [0.1, 0.15) is 0 Å². The highest BCUT2D eigenvalue weighted by atomic mass is 16.5. The lowest BCUT2D eigenvalue weighted by Crippen LogP contribution is -2.33. The van der Waals surface area contributed by atoms with Crippen LogP contribution in [0.5, 0.6) is 0 Å². The zero-order valence-electron chi connectivity index (χ0n) is 19.7. The van der Waals surface area contributed by atoms with Crippen molar-refractivity contribution in [2.75, 3.05) is 27.4 Å². The number of aromatic nitrogens is 2. The van der Waals surface area contributed by atoms with Crippen molar-refractivity contribution in [3.63, 3.8) is 0 Å². The van der Waals surface area contributed by atoms with Crippen LogP contribution in [0.2, 0.25) is 0 Å². The number of benzene rings is 2. The Balaban J connectivity index is 1.78. The molecule has 7 heteroatoms. The van der Waals surface area contributed by atoms with Crippen molar-refractivity contribution in [2.45, 2.75) is 33.2 Å². The van der Waals surface area contributed by atoms with Crippen LogP contribution in [0.15, 0.2) is 54.6 Å². The van der Waals surface area contributed by atoms with Crippen LogP contribution in [0.3, 0.4) is 0 Å². The van der Waals surface area contributed by atoms with Gasteiger partial charge < -0.3 is 14.4 Å². The topological polar surface area (TPSA) is 73.7 Å². The summed E-state index contributed by atoms with van der Waals surface area (Å²) in [5.74, 6) is -0.285. The number of hydrogen-bond donors (Lipinski definition) is 0. The number of carbonyl (C=O) groups is 2. The van der Waals surface area contributed by atoms with Crippen molar-refractivity contribution in [1.82, 2.24) is 14.7 Å². The SMILES string of the molecule is COCCN(Cc1ccccc1)C(=O)c1ccc(-n2nc(C)c(CCC(=O)OC)c2C)cc1. The molecule has 1 heterocycles. The van der Waals surface area contributed by atoms with Gasteiger partial charge in [0.25, 0.3) is 5.91 Å². The van der Waals surface area contributed by atoms with Gasteiger partial charge in [-0.15, -0.1) is 0 Å². The predicted molar refractivity (Wildman–Crippen MR) is 126 cm³/mol. The molecular weight excluding hydrogens is 418 g/mol. The first kappa shape index (κ1) is 24.2. The molecule has 7 nitrogen and oxygen atoms in total. The van der Waals surface area contributed by atoms with Crippen LogP contribution in [0.1, 0.15) is 39.3 Å². The number of carbonyl (C=O) groups excluding carboxylic acids is 2. The van der Waals surface area contributed by atoms with Gasteiger partial charge in [-0.3, -0.25) is 9.59 Å². The smallest absolute Gasteiger partial charge is 0.305 e. The highest BCUT2D eigenvalue weighted by Crippen LogP contribution is 2.20. The second-order valence-electron chi connectivity index (χ2n) is 7.89. The van der Waals surface area contributed by atoms with E-state index >= 15 is 0 Å². The van der Waals surface area contributed by atoms with E-state index in [0.29, 0.717) is 38.1 Å². The summed E-state index contributed by atoms with van der Waals surface area (Å²) in [6.45, 7) is 5.42. The summed E-state index contributed by atoms with van der Waals surface area (Å²) in [6, 6.07) is 17.4. The van der Waals surface area contributed by atoms with Crippen LogP contribution in [-0.4, -0.2) is 53.9 Å². The van der Waals surface area contributed by atoms with Crippen LogP contribution in [0.25, 0.3) is 5.69 Å². The molecule has 174 valence electrons. The van der Waals surface area contributed by atoms with Gasteiger partial charge in [0.2, 0.25) is 0 Å². The Bertz CT molecular complexity index is 1070. The van der Waals surface area contributed by atoms with E-state index in [1.165, 1.54) is 7.11 Å². The average Bonchev–Trinajstić information content (AvgIpc) is 3.13. The number of hydrogen-bond acceptors (Lipinski definition) is 5. The molecule has 1 amide bonds. The van der Waals surface area contributed by atoms with Crippen LogP contribution < -0.4 is 0 Å².